The van der Waals surface area contributed by atoms with E-state index in [2.05, 4.69) is 17.9 Å². The summed E-state index contributed by atoms with van der Waals surface area (Å²) in [5.41, 5.74) is 1.41. The third-order valence-corrected chi connectivity index (χ3v) is 2.53. The van der Waals surface area contributed by atoms with E-state index in [1.54, 1.807) is 0 Å². The van der Waals surface area contributed by atoms with Crippen molar-refractivity contribution in [1.82, 2.24) is 4.90 Å². The first kappa shape index (κ1) is 7.87. The van der Waals surface area contributed by atoms with Gasteiger partial charge in [-0.1, -0.05) is 6.92 Å². The highest BCUT2D eigenvalue weighted by Gasteiger charge is 2.17. The molecule has 0 atom stereocenters. The molecule has 0 N–H and O–H groups in total. The first-order valence-electron chi connectivity index (χ1n) is 4.60. The Morgan fingerprint density at radius 3 is 3.17 bits per heavy atom. The van der Waals surface area contributed by atoms with Crippen LogP contribution in [0.15, 0.2) is 10.5 Å². The van der Waals surface area contributed by atoms with Gasteiger partial charge in [0.25, 0.3) is 0 Å². The summed E-state index contributed by atoms with van der Waals surface area (Å²) in [6.07, 6.45) is 1.15. The summed E-state index contributed by atoms with van der Waals surface area (Å²) < 4.78 is 5.60. The van der Waals surface area contributed by atoms with Gasteiger partial charge in [-0.25, -0.2) is 0 Å². The molecule has 1 aromatic rings. The summed E-state index contributed by atoms with van der Waals surface area (Å²) in [5, 5.41) is 0. The largest absolute Gasteiger partial charge is 0.465 e. The SMILES string of the molecule is CCN1CCc2cc(C)oc2C1. The fourth-order valence-corrected chi connectivity index (χ4v) is 1.79. The van der Waals surface area contributed by atoms with Gasteiger partial charge in [0.05, 0.1) is 6.54 Å². The van der Waals surface area contributed by atoms with Crippen molar-refractivity contribution in [1.29, 1.82) is 0 Å². The molecule has 0 aromatic carbocycles. The molecule has 0 aliphatic carbocycles. The zero-order chi connectivity index (χ0) is 8.55. The third-order valence-electron chi connectivity index (χ3n) is 2.53. The molecule has 0 radical (unpaired) electrons. The number of aryl methyl sites for hydroxylation is 1. The van der Waals surface area contributed by atoms with Gasteiger partial charge < -0.3 is 4.42 Å². The van der Waals surface area contributed by atoms with E-state index in [-0.39, 0.29) is 0 Å². The van der Waals surface area contributed by atoms with Crippen molar-refractivity contribution in [2.75, 3.05) is 13.1 Å². The lowest BCUT2D eigenvalue weighted by Crippen LogP contribution is -2.29. The van der Waals surface area contributed by atoms with Crippen LogP contribution in [0.4, 0.5) is 0 Å². The predicted molar refractivity (Wildman–Crippen MR) is 48.1 cm³/mol. The molecular weight excluding hydrogens is 150 g/mol. The van der Waals surface area contributed by atoms with Crippen molar-refractivity contribution in [2.24, 2.45) is 0 Å². The molecule has 0 unspecified atom stereocenters. The van der Waals surface area contributed by atoms with Crippen LogP contribution in [0.1, 0.15) is 24.0 Å². The van der Waals surface area contributed by atoms with E-state index in [0.717, 1.165) is 25.3 Å². The lowest BCUT2D eigenvalue weighted by molar-refractivity contribution is 0.239. The molecule has 0 amide bonds. The maximum Gasteiger partial charge on any atom is 0.121 e. The van der Waals surface area contributed by atoms with Crippen LogP contribution in [0.25, 0.3) is 0 Å². The fraction of sp³-hybridized carbons (Fsp3) is 0.600. The van der Waals surface area contributed by atoms with Crippen molar-refractivity contribution >= 4 is 0 Å². The molecule has 12 heavy (non-hydrogen) atoms. The molecule has 2 rings (SSSR count). The van der Waals surface area contributed by atoms with Crippen LogP contribution in [0.5, 0.6) is 0 Å². The zero-order valence-electron chi connectivity index (χ0n) is 7.76. The van der Waals surface area contributed by atoms with E-state index >= 15 is 0 Å². The van der Waals surface area contributed by atoms with Gasteiger partial charge in [0.15, 0.2) is 0 Å². The maximum atomic E-state index is 5.60. The van der Waals surface area contributed by atoms with E-state index in [1.165, 1.54) is 17.9 Å². The highest BCUT2D eigenvalue weighted by atomic mass is 16.3. The van der Waals surface area contributed by atoms with Crippen molar-refractivity contribution in [3.05, 3.63) is 23.2 Å². The van der Waals surface area contributed by atoms with Gasteiger partial charge in [-0.05, 0) is 31.5 Å². The summed E-state index contributed by atoms with van der Waals surface area (Å²) in [5.74, 6) is 2.23. The number of hydrogen-bond acceptors (Lipinski definition) is 2. The second kappa shape index (κ2) is 2.94. The second-order valence-electron chi connectivity index (χ2n) is 3.42. The molecule has 0 saturated carbocycles. The van der Waals surface area contributed by atoms with E-state index in [4.69, 9.17) is 4.42 Å². The van der Waals surface area contributed by atoms with Crippen LogP contribution in [0, 0.1) is 6.92 Å². The van der Waals surface area contributed by atoms with Gasteiger partial charge in [-0.3, -0.25) is 4.90 Å². The first-order valence-corrected chi connectivity index (χ1v) is 4.60. The van der Waals surface area contributed by atoms with Crippen molar-refractivity contribution in [2.45, 2.75) is 26.8 Å². The zero-order valence-corrected chi connectivity index (χ0v) is 7.76. The fourth-order valence-electron chi connectivity index (χ4n) is 1.79. The number of hydrogen-bond donors (Lipinski definition) is 0. The standard InChI is InChI=1S/C10H15NO/c1-3-11-5-4-9-6-8(2)12-10(9)7-11/h6H,3-5,7H2,1-2H3. The van der Waals surface area contributed by atoms with E-state index in [1.807, 2.05) is 6.92 Å². The topological polar surface area (TPSA) is 16.4 Å². The number of furan rings is 1. The Bertz CT molecular complexity index is 277. The molecule has 1 aromatic heterocycles. The Morgan fingerprint density at radius 1 is 1.58 bits per heavy atom. The van der Waals surface area contributed by atoms with Crippen LogP contribution in [-0.4, -0.2) is 18.0 Å². The Kier molecular flexibility index (Phi) is 1.93. The molecule has 66 valence electrons. The molecular formula is C10H15NO. The van der Waals surface area contributed by atoms with Gasteiger partial charge in [-0.15, -0.1) is 0 Å². The molecule has 1 aliphatic heterocycles. The van der Waals surface area contributed by atoms with E-state index in [9.17, 15) is 0 Å². The molecule has 0 bridgehead atoms. The summed E-state index contributed by atoms with van der Waals surface area (Å²) >= 11 is 0. The van der Waals surface area contributed by atoms with Gasteiger partial charge in [0, 0.05) is 6.54 Å². The van der Waals surface area contributed by atoms with E-state index in [0.29, 0.717) is 0 Å². The smallest absolute Gasteiger partial charge is 0.121 e. The van der Waals surface area contributed by atoms with Gasteiger partial charge >= 0.3 is 0 Å². The van der Waals surface area contributed by atoms with Gasteiger partial charge in [-0.2, -0.15) is 0 Å². The highest BCUT2D eigenvalue weighted by molar-refractivity contribution is 5.23. The highest BCUT2D eigenvalue weighted by Crippen LogP contribution is 2.21. The summed E-state index contributed by atoms with van der Waals surface area (Å²) in [6.45, 7) is 7.52. The van der Waals surface area contributed by atoms with Crippen LogP contribution in [0.3, 0.4) is 0 Å². The van der Waals surface area contributed by atoms with Crippen molar-refractivity contribution < 1.29 is 4.42 Å². The molecule has 0 spiro atoms. The number of nitrogens with zero attached hydrogens (tertiary/aromatic N) is 1. The minimum absolute atomic E-state index is 1.000. The van der Waals surface area contributed by atoms with Crippen molar-refractivity contribution in [3.8, 4) is 0 Å². The minimum Gasteiger partial charge on any atom is -0.465 e. The average molecular weight is 165 g/mol. The maximum absolute atomic E-state index is 5.60. The first-order chi connectivity index (χ1) is 5.79. The van der Waals surface area contributed by atoms with Gasteiger partial charge in [0.2, 0.25) is 0 Å². The Labute approximate surface area is 73.2 Å². The summed E-state index contributed by atoms with van der Waals surface area (Å²) in [4.78, 5) is 2.41. The number of fused-ring (bicyclic) bond motifs is 1. The minimum atomic E-state index is 1.000. The quantitative estimate of drug-likeness (QED) is 0.632. The van der Waals surface area contributed by atoms with Crippen LogP contribution in [0.2, 0.25) is 0 Å². The molecule has 1 aliphatic rings. The Hall–Kier alpha value is -0.760. The average Bonchev–Trinajstić information content (AvgIpc) is 2.43. The van der Waals surface area contributed by atoms with Crippen LogP contribution < -0.4 is 0 Å². The molecule has 0 fully saturated rings. The molecule has 2 heterocycles. The third kappa shape index (κ3) is 1.27. The lowest BCUT2D eigenvalue weighted by atomic mass is 10.1. The second-order valence-corrected chi connectivity index (χ2v) is 3.42. The lowest BCUT2D eigenvalue weighted by Gasteiger charge is -2.23. The Morgan fingerprint density at radius 2 is 2.42 bits per heavy atom. The molecule has 0 saturated heterocycles. The van der Waals surface area contributed by atoms with Crippen molar-refractivity contribution in [3.63, 3.8) is 0 Å². The van der Waals surface area contributed by atoms with Crippen LogP contribution >= 0.6 is 0 Å². The molecule has 2 heteroatoms. The van der Waals surface area contributed by atoms with E-state index < -0.39 is 0 Å². The summed E-state index contributed by atoms with van der Waals surface area (Å²) in [7, 11) is 0. The predicted octanol–water partition coefficient (Wildman–Crippen LogP) is 1.97. The summed E-state index contributed by atoms with van der Waals surface area (Å²) in [6, 6.07) is 2.17. The monoisotopic (exact) mass is 165 g/mol. The number of likely N-dealkylation sites (N-methyl/N-ethyl adjacent to an activating group) is 1. The number of rotatable bonds is 1. The van der Waals surface area contributed by atoms with Crippen LogP contribution in [-0.2, 0) is 13.0 Å². The van der Waals surface area contributed by atoms with Gasteiger partial charge in [0.1, 0.15) is 11.5 Å². The molecule has 2 nitrogen and oxygen atoms in total. The Balaban J connectivity index is 2.22. The normalized spacial score (nSPS) is 17.8.